The Morgan fingerprint density at radius 3 is 2.89 bits per heavy atom. The maximum atomic E-state index is 13.5. The van der Waals surface area contributed by atoms with Crippen molar-refractivity contribution in [3.8, 4) is 6.07 Å². The van der Waals surface area contributed by atoms with E-state index < -0.39 is 5.82 Å². The van der Waals surface area contributed by atoms with Gasteiger partial charge < -0.3 is 10.1 Å². The summed E-state index contributed by atoms with van der Waals surface area (Å²) in [4.78, 5) is 2.30. The number of anilines is 1. The smallest absolute Gasteiger partial charge is 0.143 e. The largest absolute Gasteiger partial charge is 0.380 e. The number of rotatable bonds is 4. The van der Waals surface area contributed by atoms with Crippen LogP contribution in [0.15, 0.2) is 18.2 Å². The Bertz CT molecular complexity index is 466. The number of ether oxygens (including phenoxy) is 1. The topological polar surface area (TPSA) is 48.3 Å². The molecule has 0 saturated carbocycles. The van der Waals surface area contributed by atoms with E-state index in [1.54, 1.807) is 12.1 Å². The fourth-order valence-electron chi connectivity index (χ4n) is 2.24. The molecule has 0 amide bonds. The van der Waals surface area contributed by atoms with Crippen LogP contribution in [0, 0.1) is 17.1 Å². The Morgan fingerprint density at radius 2 is 2.21 bits per heavy atom. The quantitative estimate of drug-likeness (QED) is 0.900. The van der Waals surface area contributed by atoms with Crippen molar-refractivity contribution in [3.05, 3.63) is 29.6 Å². The number of hydrogen-bond acceptors (Lipinski definition) is 4. The molecule has 1 saturated heterocycles. The minimum Gasteiger partial charge on any atom is -0.380 e. The predicted octanol–water partition coefficient (Wildman–Crippen LogP) is 1.83. The molecule has 0 radical (unpaired) electrons. The van der Waals surface area contributed by atoms with E-state index in [-0.39, 0.29) is 11.6 Å². The zero-order valence-electron chi connectivity index (χ0n) is 11.0. The second-order valence-electron chi connectivity index (χ2n) is 4.73. The van der Waals surface area contributed by atoms with Crippen LogP contribution in [0.2, 0.25) is 0 Å². The number of nitriles is 1. The lowest BCUT2D eigenvalue weighted by atomic mass is 10.1. The van der Waals surface area contributed by atoms with Crippen LogP contribution in [0.25, 0.3) is 0 Å². The molecule has 0 aliphatic carbocycles. The van der Waals surface area contributed by atoms with Gasteiger partial charge in [-0.1, -0.05) is 6.07 Å². The first-order chi connectivity index (χ1) is 9.20. The first-order valence-corrected chi connectivity index (χ1v) is 6.46. The standard InChI is InChI=1S/C14H18FN3O/c1-11(10-18-5-7-19-8-6-18)17-14-4-2-3-13(15)12(14)9-16/h2-4,11,17H,5-8,10H2,1H3. The minimum absolute atomic E-state index is 0.0799. The third-order valence-electron chi connectivity index (χ3n) is 3.16. The average Bonchev–Trinajstić information content (AvgIpc) is 2.40. The summed E-state index contributed by atoms with van der Waals surface area (Å²) in [5.74, 6) is -0.480. The Kier molecular flexibility index (Phi) is 4.72. The van der Waals surface area contributed by atoms with E-state index in [4.69, 9.17) is 10.00 Å². The van der Waals surface area contributed by atoms with Crippen LogP contribution in [-0.4, -0.2) is 43.8 Å². The normalized spacial score (nSPS) is 17.7. The lowest BCUT2D eigenvalue weighted by Crippen LogP contribution is -2.42. The van der Waals surface area contributed by atoms with Gasteiger partial charge in [-0.3, -0.25) is 4.90 Å². The SMILES string of the molecule is CC(CN1CCOCC1)Nc1cccc(F)c1C#N. The first-order valence-electron chi connectivity index (χ1n) is 6.46. The minimum atomic E-state index is -0.480. The molecule has 0 bridgehead atoms. The molecule has 1 aliphatic rings. The van der Waals surface area contributed by atoms with Gasteiger partial charge in [0.2, 0.25) is 0 Å². The molecule has 1 unspecified atom stereocenters. The molecule has 19 heavy (non-hydrogen) atoms. The summed E-state index contributed by atoms with van der Waals surface area (Å²) < 4.78 is 18.8. The van der Waals surface area contributed by atoms with Crippen molar-refractivity contribution in [2.24, 2.45) is 0 Å². The van der Waals surface area contributed by atoms with Gasteiger partial charge in [0, 0.05) is 25.7 Å². The maximum absolute atomic E-state index is 13.5. The fourth-order valence-corrected chi connectivity index (χ4v) is 2.24. The first kappa shape index (κ1) is 13.8. The van der Waals surface area contributed by atoms with E-state index in [1.165, 1.54) is 6.07 Å². The van der Waals surface area contributed by atoms with Crippen LogP contribution in [-0.2, 0) is 4.74 Å². The number of benzene rings is 1. The van der Waals surface area contributed by atoms with Crippen LogP contribution in [0.5, 0.6) is 0 Å². The predicted molar refractivity (Wildman–Crippen MR) is 71.5 cm³/mol. The molecule has 1 aromatic rings. The molecule has 2 rings (SSSR count). The molecular formula is C14H18FN3O. The molecule has 1 aliphatic heterocycles. The van der Waals surface area contributed by atoms with Gasteiger partial charge in [0.1, 0.15) is 17.4 Å². The highest BCUT2D eigenvalue weighted by atomic mass is 19.1. The molecule has 0 aromatic heterocycles. The van der Waals surface area contributed by atoms with Crippen molar-refractivity contribution in [2.75, 3.05) is 38.2 Å². The van der Waals surface area contributed by atoms with Gasteiger partial charge >= 0.3 is 0 Å². The lowest BCUT2D eigenvalue weighted by molar-refractivity contribution is 0.0368. The van der Waals surface area contributed by atoms with Gasteiger partial charge in [0.15, 0.2) is 0 Å². The maximum Gasteiger partial charge on any atom is 0.143 e. The van der Waals surface area contributed by atoms with E-state index in [9.17, 15) is 4.39 Å². The highest BCUT2D eigenvalue weighted by Crippen LogP contribution is 2.18. The monoisotopic (exact) mass is 263 g/mol. The second-order valence-corrected chi connectivity index (χ2v) is 4.73. The molecule has 102 valence electrons. The van der Waals surface area contributed by atoms with Crippen LogP contribution in [0.3, 0.4) is 0 Å². The fraction of sp³-hybridized carbons (Fsp3) is 0.500. The molecule has 1 aromatic carbocycles. The van der Waals surface area contributed by atoms with Crippen molar-refractivity contribution in [2.45, 2.75) is 13.0 Å². The van der Waals surface area contributed by atoms with Gasteiger partial charge in [0.25, 0.3) is 0 Å². The summed E-state index contributed by atoms with van der Waals surface area (Å²) in [7, 11) is 0. The number of hydrogen-bond donors (Lipinski definition) is 1. The summed E-state index contributed by atoms with van der Waals surface area (Å²) in [5.41, 5.74) is 0.639. The van der Waals surface area contributed by atoms with Gasteiger partial charge in [-0.15, -0.1) is 0 Å². The Labute approximate surface area is 112 Å². The molecule has 0 spiro atoms. The van der Waals surface area contributed by atoms with Crippen molar-refractivity contribution in [1.82, 2.24) is 4.90 Å². The average molecular weight is 263 g/mol. The Hall–Kier alpha value is -1.64. The van der Waals surface area contributed by atoms with Gasteiger partial charge in [0.05, 0.1) is 18.9 Å². The molecule has 4 nitrogen and oxygen atoms in total. The molecule has 5 heteroatoms. The number of nitrogens with one attached hydrogen (secondary N) is 1. The van der Waals surface area contributed by atoms with Crippen LogP contribution in [0.1, 0.15) is 12.5 Å². The summed E-state index contributed by atoms with van der Waals surface area (Å²) >= 11 is 0. The summed E-state index contributed by atoms with van der Waals surface area (Å²) in [6.45, 7) is 6.24. The van der Waals surface area contributed by atoms with Crippen molar-refractivity contribution >= 4 is 5.69 Å². The zero-order valence-corrected chi connectivity index (χ0v) is 11.0. The Morgan fingerprint density at radius 1 is 1.47 bits per heavy atom. The van der Waals surface area contributed by atoms with E-state index >= 15 is 0 Å². The number of nitrogens with zero attached hydrogens (tertiary/aromatic N) is 2. The lowest BCUT2D eigenvalue weighted by Gasteiger charge is -2.29. The third-order valence-corrected chi connectivity index (χ3v) is 3.16. The highest BCUT2D eigenvalue weighted by Gasteiger charge is 2.15. The summed E-state index contributed by atoms with van der Waals surface area (Å²) in [6, 6.07) is 6.69. The van der Waals surface area contributed by atoms with Crippen molar-refractivity contribution in [3.63, 3.8) is 0 Å². The van der Waals surface area contributed by atoms with Crippen molar-refractivity contribution in [1.29, 1.82) is 5.26 Å². The summed E-state index contributed by atoms with van der Waals surface area (Å²) in [5, 5.41) is 12.2. The van der Waals surface area contributed by atoms with E-state index in [0.29, 0.717) is 5.69 Å². The summed E-state index contributed by atoms with van der Waals surface area (Å²) in [6.07, 6.45) is 0. The Balaban J connectivity index is 1.97. The van der Waals surface area contributed by atoms with E-state index in [1.807, 2.05) is 13.0 Å². The molecule has 1 atom stereocenters. The van der Waals surface area contributed by atoms with E-state index in [0.717, 1.165) is 32.8 Å². The molecule has 1 heterocycles. The van der Waals surface area contributed by atoms with Crippen LogP contribution < -0.4 is 5.32 Å². The van der Waals surface area contributed by atoms with E-state index in [2.05, 4.69) is 10.2 Å². The van der Waals surface area contributed by atoms with Crippen LogP contribution in [0.4, 0.5) is 10.1 Å². The van der Waals surface area contributed by atoms with Gasteiger partial charge in [-0.2, -0.15) is 5.26 Å². The molecular weight excluding hydrogens is 245 g/mol. The van der Waals surface area contributed by atoms with Crippen LogP contribution >= 0.6 is 0 Å². The van der Waals surface area contributed by atoms with Crippen molar-refractivity contribution < 1.29 is 9.13 Å². The van der Waals surface area contributed by atoms with Gasteiger partial charge in [-0.25, -0.2) is 4.39 Å². The van der Waals surface area contributed by atoms with Gasteiger partial charge in [-0.05, 0) is 19.1 Å². The zero-order chi connectivity index (χ0) is 13.7. The second kappa shape index (κ2) is 6.50. The third kappa shape index (κ3) is 3.66. The highest BCUT2D eigenvalue weighted by molar-refractivity contribution is 5.58. The number of morpholine rings is 1. The molecule has 1 N–H and O–H groups in total. The molecule has 1 fully saturated rings. The number of halogens is 1.